The number of ether oxygens (including phenoxy) is 5. The van der Waals surface area contributed by atoms with E-state index in [0.29, 0.717) is 0 Å². The summed E-state index contributed by atoms with van der Waals surface area (Å²) in [7, 11) is 0. The summed E-state index contributed by atoms with van der Waals surface area (Å²) < 4.78 is 26.4. The van der Waals surface area contributed by atoms with Crippen LogP contribution in [0.25, 0.3) is 0 Å². The second kappa shape index (κ2) is 11.6. The van der Waals surface area contributed by atoms with Crippen LogP contribution in [0.3, 0.4) is 0 Å². The molecule has 0 radical (unpaired) electrons. The molecule has 3 heterocycles. The zero-order chi connectivity index (χ0) is 25.3. The van der Waals surface area contributed by atoms with E-state index in [1.54, 1.807) is 0 Å². The number of aliphatic hydroxyl groups excluding tert-OH is 11. The molecule has 0 spiro atoms. The Morgan fingerprint density at radius 2 is 0.853 bits per heavy atom. The van der Waals surface area contributed by atoms with Gasteiger partial charge in [0.2, 0.25) is 0 Å². The summed E-state index contributed by atoms with van der Waals surface area (Å²) in [6, 6.07) is 0. The van der Waals surface area contributed by atoms with Gasteiger partial charge in [-0.25, -0.2) is 0 Å². The lowest BCUT2D eigenvalue weighted by atomic mass is 9.96. The van der Waals surface area contributed by atoms with Gasteiger partial charge in [0.05, 0.1) is 19.8 Å². The van der Waals surface area contributed by atoms with E-state index < -0.39 is 112 Å². The summed E-state index contributed by atoms with van der Waals surface area (Å²) in [5.74, 6) is 0. The quantitative estimate of drug-likeness (QED) is 0.154. The highest BCUT2D eigenvalue weighted by Crippen LogP contribution is 2.32. The zero-order valence-corrected chi connectivity index (χ0v) is 17.7. The van der Waals surface area contributed by atoms with Crippen LogP contribution in [-0.2, 0) is 23.7 Å². The second-order valence-electron chi connectivity index (χ2n) is 8.33. The van der Waals surface area contributed by atoms with E-state index in [2.05, 4.69) is 0 Å². The van der Waals surface area contributed by atoms with Crippen molar-refractivity contribution in [1.29, 1.82) is 0 Å². The molecule has 3 aliphatic heterocycles. The largest absolute Gasteiger partial charge is 0.394 e. The number of rotatable bonds is 7. The van der Waals surface area contributed by atoms with Crippen molar-refractivity contribution in [3.63, 3.8) is 0 Å². The van der Waals surface area contributed by atoms with Crippen molar-refractivity contribution in [2.24, 2.45) is 0 Å². The van der Waals surface area contributed by atoms with Crippen molar-refractivity contribution in [3.05, 3.63) is 0 Å². The van der Waals surface area contributed by atoms with Gasteiger partial charge in [0.25, 0.3) is 0 Å². The standard InChI is InChI=1S/C18H32O16/c19-1-4-7(22)8(23)12(27)17(31-4)34-15-6(3-21)32-18(13(28)10(15)25)33-14-5(2-20)30-16(29)11(26)9(14)24/h4-29H,1-3H2/t4-,5-,6-,7-,8+,9-,10-,11-,12+,13+,14-,15-,16-,17-,18+/m1/s1. The predicted molar refractivity (Wildman–Crippen MR) is 101 cm³/mol. The SMILES string of the molecule is OC[C@H]1O[C@H](O[C@H]2[C@H](O)[C@H](O)[C@H](O[C@H]3[C@H](O)[C@@H](O)[C@H](O)O[C@@H]3CO)O[C@@H]2CO)[C@@H](O)[C@@H](O)[C@@H]1O. The average molecular weight is 504 g/mol. The van der Waals surface area contributed by atoms with Gasteiger partial charge in [-0.15, -0.1) is 0 Å². The summed E-state index contributed by atoms with van der Waals surface area (Å²) in [6.45, 7) is -2.32. The normalized spacial score (nSPS) is 52.5. The maximum Gasteiger partial charge on any atom is 0.187 e. The van der Waals surface area contributed by atoms with Crippen LogP contribution in [-0.4, -0.2) is 168 Å². The molecule has 0 bridgehead atoms. The maximum absolute atomic E-state index is 10.6. The molecule has 15 atom stereocenters. The van der Waals surface area contributed by atoms with E-state index in [9.17, 15) is 56.2 Å². The third-order valence-electron chi connectivity index (χ3n) is 6.09. The summed E-state index contributed by atoms with van der Waals surface area (Å²) in [6.07, 6.45) is -25.1. The Labute approximate surface area is 192 Å². The van der Waals surface area contributed by atoms with E-state index in [4.69, 9.17) is 23.7 Å². The van der Waals surface area contributed by atoms with Gasteiger partial charge in [0.1, 0.15) is 73.2 Å². The van der Waals surface area contributed by atoms with Crippen molar-refractivity contribution >= 4 is 0 Å². The van der Waals surface area contributed by atoms with Crippen molar-refractivity contribution in [3.8, 4) is 0 Å². The second-order valence-corrected chi connectivity index (χ2v) is 8.33. The highest BCUT2D eigenvalue weighted by Gasteiger charge is 2.53. The summed E-state index contributed by atoms with van der Waals surface area (Å²) >= 11 is 0. The fourth-order valence-electron chi connectivity index (χ4n) is 4.06. The molecule has 0 aromatic rings. The van der Waals surface area contributed by atoms with E-state index in [1.807, 2.05) is 0 Å². The third kappa shape index (κ3) is 5.37. The van der Waals surface area contributed by atoms with Gasteiger partial charge < -0.3 is 79.9 Å². The van der Waals surface area contributed by atoms with Crippen molar-refractivity contribution in [1.82, 2.24) is 0 Å². The lowest BCUT2D eigenvalue weighted by Gasteiger charge is -2.47. The molecule has 0 aromatic heterocycles. The minimum atomic E-state index is -1.91. The first kappa shape index (κ1) is 27.9. The molecule has 3 fully saturated rings. The first-order chi connectivity index (χ1) is 16.0. The van der Waals surface area contributed by atoms with Gasteiger partial charge in [-0.2, -0.15) is 0 Å². The van der Waals surface area contributed by atoms with Gasteiger partial charge in [-0.1, -0.05) is 0 Å². The molecule has 0 amide bonds. The van der Waals surface area contributed by atoms with Crippen LogP contribution >= 0.6 is 0 Å². The molecule has 0 unspecified atom stereocenters. The van der Waals surface area contributed by atoms with Gasteiger partial charge in [-0.3, -0.25) is 0 Å². The first-order valence-electron chi connectivity index (χ1n) is 10.6. The molecule has 16 heteroatoms. The number of hydrogen-bond acceptors (Lipinski definition) is 16. The summed E-state index contributed by atoms with van der Waals surface area (Å²) in [4.78, 5) is 0. The first-order valence-corrected chi connectivity index (χ1v) is 10.6. The Balaban J connectivity index is 1.72. The fourth-order valence-corrected chi connectivity index (χ4v) is 4.06. The van der Waals surface area contributed by atoms with Gasteiger partial charge in [-0.05, 0) is 0 Å². The summed E-state index contributed by atoms with van der Waals surface area (Å²) in [5.41, 5.74) is 0. The molecule has 3 rings (SSSR count). The molecule has 11 N–H and O–H groups in total. The Kier molecular flexibility index (Phi) is 9.54. The molecule has 0 saturated carbocycles. The minimum Gasteiger partial charge on any atom is -0.394 e. The average Bonchev–Trinajstić information content (AvgIpc) is 2.83. The monoisotopic (exact) mass is 504 g/mol. The van der Waals surface area contributed by atoms with Crippen molar-refractivity contribution in [2.75, 3.05) is 19.8 Å². The van der Waals surface area contributed by atoms with Gasteiger partial charge in [0, 0.05) is 0 Å². The lowest BCUT2D eigenvalue weighted by molar-refractivity contribution is -0.377. The van der Waals surface area contributed by atoms with Gasteiger partial charge >= 0.3 is 0 Å². The molecule has 34 heavy (non-hydrogen) atoms. The molecule has 200 valence electrons. The highest BCUT2D eigenvalue weighted by molar-refractivity contribution is 4.96. The highest BCUT2D eigenvalue weighted by atomic mass is 16.8. The third-order valence-corrected chi connectivity index (χ3v) is 6.09. The molecular weight excluding hydrogens is 472 g/mol. The lowest BCUT2D eigenvalue weighted by Crippen LogP contribution is -2.66. The van der Waals surface area contributed by atoms with E-state index in [-0.39, 0.29) is 0 Å². The molecular formula is C18H32O16. The minimum absolute atomic E-state index is 0.741. The Morgan fingerprint density at radius 1 is 0.441 bits per heavy atom. The van der Waals surface area contributed by atoms with E-state index in [0.717, 1.165) is 0 Å². The van der Waals surface area contributed by atoms with Crippen LogP contribution in [0.4, 0.5) is 0 Å². The fraction of sp³-hybridized carbons (Fsp3) is 1.00. The van der Waals surface area contributed by atoms with Crippen LogP contribution in [0.5, 0.6) is 0 Å². The van der Waals surface area contributed by atoms with Crippen LogP contribution in [0.15, 0.2) is 0 Å². The van der Waals surface area contributed by atoms with E-state index in [1.165, 1.54) is 0 Å². The van der Waals surface area contributed by atoms with Crippen LogP contribution in [0.2, 0.25) is 0 Å². The molecule has 16 nitrogen and oxygen atoms in total. The number of hydrogen-bond donors (Lipinski definition) is 11. The van der Waals surface area contributed by atoms with Crippen molar-refractivity contribution in [2.45, 2.75) is 92.1 Å². The maximum atomic E-state index is 10.6. The van der Waals surface area contributed by atoms with Crippen LogP contribution < -0.4 is 0 Å². The van der Waals surface area contributed by atoms with Crippen LogP contribution in [0.1, 0.15) is 0 Å². The Bertz CT molecular complexity index is 635. The Hall–Kier alpha value is -0.640. The number of aliphatic hydroxyl groups is 11. The zero-order valence-electron chi connectivity index (χ0n) is 17.7. The molecule has 0 aliphatic carbocycles. The Morgan fingerprint density at radius 3 is 1.35 bits per heavy atom. The molecule has 3 aliphatic rings. The van der Waals surface area contributed by atoms with Crippen LogP contribution in [0, 0.1) is 0 Å². The summed E-state index contributed by atoms with van der Waals surface area (Å²) in [5, 5.41) is 109. The molecule has 3 saturated heterocycles. The smallest absolute Gasteiger partial charge is 0.187 e. The topological polar surface area (TPSA) is 269 Å². The van der Waals surface area contributed by atoms with Crippen molar-refractivity contribution < 1.29 is 79.9 Å². The predicted octanol–water partition coefficient (Wildman–Crippen LogP) is -7.57. The van der Waals surface area contributed by atoms with Gasteiger partial charge in [0.15, 0.2) is 18.9 Å². The molecule has 0 aromatic carbocycles. The van der Waals surface area contributed by atoms with E-state index >= 15 is 0 Å².